The van der Waals surface area contributed by atoms with E-state index in [4.69, 9.17) is 21.7 Å². The smallest absolute Gasteiger partial charge is 0.296 e. The van der Waals surface area contributed by atoms with Gasteiger partial charge in [-0.15, -0.1) is 0 Å². The van der Waals surface area contributed by atoms with Crippen molar-refractivity contribution in [1.29, 1.82) is 0 Å². The van der Waals surface area contributed by atoms with Gasteiger partial charge in [0, 0.05) is 18.7 Å². The van der Waals surface area contributed by atoms with Crippen LogP contribution in [0.2, 0.25) is 0 Å². The third-order valence-corrected chi connectivity index (χ3v) is 6.57. The first kappa shape index (κ1) is 21.9. The fourth-order valence-electron chi connectivity index (χ4n) is 3.55. The van der Waals surface area contributed by atoms with E-state index >= 15 is 0 Å². The van der Waals surface area contributed by atoms with E-state index in [0.717, 1.165) is 11.8 Å². The minimum atomic E-state index is -0.344. The van der Waals surface area contributed by atoms with Crippen LogP contribution in [0.1, 0.15) is 11.3 Å². The number of rotatable bonds is 5. The molecule has 1 fully saturated rings. The number of hydrogen-bond donors (Lipinski definition) is 0. The molecule has 0 aliphatic carbocycles. The van der Waals surface area contributed by atoms with Crippen molar-refractivity contribution in [2.24, 2.45) is 7.05 Å². The van der Waals surface area contributed by atoms with Gasteiger partial charge < -0.3 is 9.47 Å². The van der Waals surface area contributed by atoms with Gasteiger partial charge in [-0.05, 0) is 37.3 Å². The number of hydrogen-bond acceptors (Lipinski definition) is 6. The summed E-state index contributed by atoms with van der Waals surface area (Å²) < 4.78 is 14.2. The van der Waals surface area contributed by atoms with Crippen LogP contribution in [0.25, 0.3) is 11.8 Å². The Morgan fingerprint density at radius 1 is 1.03 bits per heavy atom. The van der Waals surface area contributed by atoms with Gasteiger partial charge in [0.15, 0.2) is 4.32 Å². The van der Waals surface area contributed by atoms with Crippen LogP contribution < -0.4 is 19.9 Å². The van der Waals surface area contributed by atoms with Crippen molar-refractivity contribution in [3.8, 4) is 17.2 Å². The molecule has 0 radical (unpaired) electrons. The van der Waals surface area contributed by atoms with Crippen molar-refractivity contribution in [3.63, 3.8) is 0 Å². The molecule has 0 bridgehead atoms. The van der Waals surface area contributed by atoms with E-state index in [0.29, 0.717) is 37.7 Å². The Labute approximate surface area is 194 Å². The van der Waals surface area contributed by atoms with Gasteiger partial charge in [0.2, 0.25) is 0 Å². The molecule has 1 aliphatic rings. The van der Waals surface area contributed by atoms with Crippen LogP contribution >= 0.6 is 24.0 Å². The van der Waals surface area contributed by atoms with Crippen LogP contribution in [0.3, 0.4) is 0 Å². The summed E-state index contributed by atoms with van der Waals surface area (Å²) in [7, 11) is 4.91. The van der Waals surface area contributed by atoms with Crippen LogP contribution in [0.4, 0.5) is 5.69 Å². The fraction of sp³-hybridized carbons (Fsp3) is 0.174. The minimum absolute atomic E-state index is 0.254. The number of benzene rings is 2. The molecule has 0 spiro atoms. The van der Waals surface area contributed by atoms with Crippen molar-refractivity contribution in [1.82, 2.24) is 9.36 Å². The molecule has 3 aromatic rings. The zero-order chi connectivity index (χ0) is 23.0. The number of ether oxygens (including phenoxy) is 2. The summed E-state index contributed by atoms with van der Waals surface area (Å²) in [5.74, 6) is 0.869. The first-order valence-corrected chi connectivity index (χ1v) is 10.9. The number of amides is 1. The van der Waals surface area contributed by atoms with Gasteiger partial charge in [-0.25, -0.2) is 4.68 Å². The first-order valence-electron chi connectivity index (χ1n) is 9.71. The van der Waals surface area contributed by atoms with Crippen LogP contribution in [0.15, 0.2) is 58.2 Å². The van der Waals surface area contributed by atoms with Crippen molar-refractivity contribution < 1.29 is 14.3 Å². The monoisotopic (exact) mass is 467 g/mol. The maximum Gasteiger partial charge on any atom is 0.296 e. The summed E-state index contributed by atoms with van der Waals surface area (Å²) in [6.45, 7) is 1.80. The van der Waals surface area contributed by atoms with Gasteiger partial charge in [-0.3, -0.25) is 19.2 Å². The van der Waals surface area contributed by atoms with Crippen molar-refractivity contribution in [3.05, 3.63) is 75.0 Å². The van der Waals surface area contributed by atoms with Crippen LogP contribution in [0.5, 0.6) is 11.5 Å². The molecule has 4 rings (SSSR count). The molecule has 2 heterocycles. The molecule has 1 amide bonds. The average Bonchev–Trinajstić information content (AvgIpc) is 3.19. The second kappa shape index (κ2) is 8.68. The van der Waals surface area contributed by atoms with Crippen molar-refractivity contribution >= 4 is 46.0 Å². The minimum Gasteiger partial charge on any atom is -0.497 e. The average molecular weight is 468 g/mol. The lowest BCUT2D eigenvalue weighted by molar-refractivity contribution is -0.113. The molecule has 7 nitrogen and oxygen atoms in total. The van der Waals surface area contributed by atoms with Gasteiger partial charge in [0.1, 0.15) is 17.2 Å². The number of aromatic nitrogens is 2. The molecule has 2 aromatic carbocycles. The topological polar surface area (TPSA) is 65.7 Å². The molecule has 164 valence electrons. The zero-order valence-corrected chi connectivity index (χ0v) is 19.6. The van der Waals surface area contributed by atoms with Gasteiger partial charge in [-0.2, -0.15) is 0 Å². The van der Waals surface area contributed by atoms with Crippen molar-refractivity contribution in [2.45, 2.75) is 6.92 Å². The standard InChI is InChI=1S/C23H21N3O4S2/c1-14-20(22(28)26(24(14)2)16-8-6-5-7-9-16)25-21(27)19(32-23(25)31)12-15-10-11-17(29-3)13-18(15)30-4/h5-13H,1-4H3/b19-12-. The van der Waals surface area contributed by atoms with Gasteiger partial charge in [-0.1, -0.05) is 42.2 Å². The highest BCUT2D eigenvalue weighted by Gasteiger charge is 2.37. The van der Waals surface area contributed by atoms with Gasteiger partial charge in [0.25, 0.3) is 11.5 Å². The van der Waals surface area contributed by atoms with E-state index in [1.807, 2.05) is 30.3 Å². The number of thiocarbonyl (C=S) groups is 1. The number of para-hydroxylation sites is 1. The number of thioether (sulfide) groups is 1. The van der Waals surface area contributed by atoms with E-state index in [2.05, 4.69) is 0 Å². The van der Waals surface area contributed by atoms with E-state index in [1.54, 1.807) is 57.1 Å². The normalized spacial score (nSPS) is 15.0. The lowest BCUT2D eigenvalue weighted by Gasteiger charge is -2.12. The second-order valence-corrected chi connectivity index (χ2v) is 8.71. The predicted molar refractivity (Wildman–Crippen MR) is 131 cm³/mol. The highest BCUT2D eigenvalue weighted by atomic mass is 32.2. The van der Waals surface area contributed by atoms with E-state index in [-0.39, 0.29) is 17.2 Å². The summed E-state index contributed by atoms with van der Waals surface area (Å²) in [5.41, 5.74) is 2.00. The van der Waals surface area contributed by atoms with Crippen LogP contribution in [0, 0.1) is 6.92 Å². The third kappa shape index (κ3) is 3.63. The van der Waals surface area contributed by atoms with Crippen LogP contribution in [-0.2, 0) is 11.8 Å². The lowest BCUT2D eigenvalue weighted by atomic mass is 10.1. The number of carbonyl (C=O) groups excluding carboxylic acids is 1. The van der Waals surface area contributed by atoms with E-state index in [1.165, 1.54) is 9.58 Å². The molecule has 0 atom stereocenters. The highest BCUT2D eigenvalue weighted by molar-refractivity contribution is 8.27. The Hall–Kier alpha value is -3.30. The molecule has 0 unspecified atom stereocenters. The zero-order valence-electron chi connectivity index (χ0n) is 18.0. The Morgan fingerprint density at radius 3 is 2.41 bits per heavy atom. The number of anilines is 1. The maximum atomic E-state index is 13.4. The first-order chi connectivity index (χ1) is 15.4. The lowest BCUT2D eigenvalue weighted by Crippen LogP contribution is -2.33. The fourth-order valence-corrected chi connectivity index (χ4v) is 4.81. The molecule has 1 aliphatic heterocycles. The molecular weight excluding hydrogens is 446 g/mol. The Balaban J connectivity index is 1.77. The molecule has 32 heavy (non-hydrogen) atoms. The molecule has 0 saturated carbocycles. The summed E-state index contributed by atoms with van der Waals surface area (Å²) in [6.07, 6.45) is 1.71. The molecule has 0 N–H and O–H groups in total. The number of carbonyl (C=O) groups is 1. The highest BCUT2D eigenvalue weighted by Crippen LogP contribution is 2.38. The van der Waals surface area contributed by atoms with Crippen LogP contribution in [-0.4, -0.2) is 33.8 Å². The van der Waals surface area contributed by atoms with Crippen molar-refractivity contribution in [2.75, 3.05) is 19.1 Å². The third-order valence-electron chi connectivity index (χ3n) is 5.27. The molecular formula is C23H21N3O4S2. The Bertz CT molecular complexity index is 1310. The van der Waals surface area contributed by atoms with Gasteiger partial charge in [0.05, 0.1) is 30.5 Å². The van der Waals surface area contributed by atoms with E-state index in [9.17, 15) is 9.59 Å². The summed E-state index contributed by atoms with van der Waals surface area (Å²) in [6, 6.07) is 14.6. The quantitative estimate of drug-likeness (QED) is 0.419. The maximum absolute atomic E-state index is 13.4. The number of nitrogens with zero attached hydrogens (tertiary/aromatic N) is 3. The molecule has 1 aromatic heterocycles. The summed E-state index contributed by atoms with van der Waals surface area (Å²) >= 11 is 6.65. The number of methoxy groups -OCH3 is 2. The second-order valence-electron chi connectivity index (χ2n) is 7.04. The summed E-state index contributed by atoms with van der Waals surface area (Å²) in [5, 5.41) is 0. The Kier molecular flexibility index (Phi) is 5.94. The SMILES string of the molecule is COc1ccc(/C=C2\SC(=S)N(c3c(C)n(C)n(-c4ccccc4)c3=O)C2=O)c(OC)c1. The molecule has 9 heteroatoms. The predicted octanol–water partition coefficient (Wildman–Crippen LogP) is 3.91. The molecule has 1 saturated heterocycles. The Morgan fingerprint density at radius 2 is 1.75 bits per heavy atom. The summed E-state index contributed by atoms with van der Waals surface area (Å²) in [4.78, 5) is 28.4. The largest absolute Gasteiger partial charge is 0.497 e. The van der Waals surface area contributed by atoms with E-state index < -0.39 is 0 Å². The van der Waals surface area contributed by atoms with Gasteiger partial charge >= 0.3 is 0 Å².